The first kappa shape index (κ1) is 15.1. The molecule has 104 valence electrons. The maximum Gasteiger partial charge on any atom is 0.251 e. The zero-order valence-electron chi connectivity index (χ0n) is 11.6. The molecule has 0 bridgehead atoms. The first-order valence-corrected chi connectivity index (χ1v) is 6.04. The zero-order chi connectivity index (χ0) is 14.6. The van der Waals surface area contributed by atoms with Gasteiger partial charge in [0.05, 0.1) is 5.41 Å². The highest BCUT2D eigenvalue weighted by Gasteiger charge is 2.27. The standard InChI is InChI=1S/C14H19FN2O2/c1-9-7-10(5-6-11(9)15)12(18)17-8-14(2,3)13(19)16-4/h5-7H,8H2,1-4H3,(H,16,19)(H,17,18). The molecule has 0 saturated carbocycles. The van der Waals surface area contributed by atoms with Gasteiger partial charge in [0.15, 0.2) is 0 Å². The van der Waals surface area contributed by atoms with Crippen LogP contribution in [0.15, 0.2) is 18.2 Å². The molecule has 0 saturated heterocycles. The minimum Gasteiger partial charge on any atom is -0.359 e. The van der Waals surface area contributed by atoms with Gasteiger partial charge in [-0.3, -0.25) is 9.59 Å². The molecule has 0 spiro atoms. The number of carbonyl (C=O) groups excluding carboxylic acids is 2. The van der Waals surface area contributed by atoms with E-state index in [0.717, 1.165) is 0 Å². The average Bonchev–Trinajstić information content (AvgIpc) is 2.38. The molecule has 0 radical (unpaired) electrons. The van der Waals surface area contributed by atoms with Gasteiger partial charge in [-0.1, -0.05) is 0 Å². The van der Waals surface area contributed by atoms with E-state index >= 15 is 0 Å². The van der Waals surface area contributed by atoms with Crippen molar-refractivity contribution < 1.29 is 14.0 Å². The van der Waals surface area contributed by atoms with Gasteiger partial charge in [0.2, 0.25) is 5.91 Å². The molecule has 19 heavy (non-hydrogen) atoms. The van der Waals surface area contributed by atoms with Crippen LogP contribution in [-0.4, -0.2) is 25.4 Å². The van der Waals surface area contributed by atoms with Crippen molar-refractivity contribution in [2.45, 2.75) is 20.8 Å². The van der Waals surface area contributed by atoms with Gasteiger partial charge in [-0.2, -0.15) is 0 Å². The number of carbonyl (C=O) groups is 2. The highest BCUT2D eigenvalue weighted by molar-refractivity contribution is 5.94. The second kappa shape index (κ2) is 5.82. The van der Waals surface area contributed by atoms with Gasteiger partial charge in [-0.15, -0.1) is 0 Å². The monoisotopic (exact) mass is 266 g/mol. The minimum atomic E-state index is -0.695. The molecule has 0 aliphatic rings. The van der Waals surface area contributed by atoms with Gasteiger partial charge < -0.3 is 10.6 Å². The Morgan fingerprint density at radius 1 is 1.32 bits per heavy atom. The lowest BCUT2D eigenvalue weighted by Gasteiger charge is -2.22. The fourth-order valence-corrected chi connectivity index (χ4v) is 1.61. The normalized spacial score (nSPS) is 11.0. The molecule has 2 N–H and O–H groups in total. The van der Waals surface area contributed by atoms with Crippen LogP contribution in [0.5, 0.6) is 0 Å². The van der Waals surface area contributed by atoms with Gasteiger partial charge in [-0.25, -0.2) is 4.39 Å². The van der Waals surface area contributed by atoms with Crippen LogP contribution in [0.3, 0.4) is 0 Å². The highest BCUT2D eigenvalue weighted by atomic mass is 19.1. The molecule has 0 aliphatic carbocycles. The van der Waals surface area contributed by atoms with Crippen molar-refractivity contribution >= 4 is 11.8 Å². The Balaban J connectivity index is 2.70. The summed E-state index contributed by atoms with van der Waals surface area (Å²) in [5.74, 6) is -0.814. The van der Waals surface area contributed by atoms with Crippen molar-refractivity contribution in [2.24, 2.45) is 5.41 Å². The van der Waals surface area contributed by atoms with Crippen molar-refractivity contribution in [3.05, 3.63) is 35.1 Å². The summed E-state index contributed by atoms with van der Waals surface area (Å²) >= 11 is 0. The van der Waals surface area contributed by atoms with Crippen LogP contribution in [0, 0.1) is 18.2 Å². The van der Waals surface area contributed by atoms with Crippen LogP contribution in [0.25, 0.3) is 0 Å². The predicted octanol–water partition coefficient (Wildman–Crippen LogP) is 1.64. The molecule has 4 nitrogen and oxygen atoms in total. The molecule has 5 heteroatoms. The van der Waals surface area contributed by atoms with E-state index in [2.05, 4.69) is 10.6 Å². The van der Waals surface area contributed by atoms with Crippen LogP contribution in [0.4, 0.5) is 4.39 Å². The molecule has 0 fully saturated rings. The van der Waals surface area contributed by atoms with Crippen LogP contribution in [0.2, 0.25) is 0 Å². The van der Waals surface area contributed by atoms with E-state index in [9.17, 15) is 14.0 Å². The SMILES string of the molecule is CNC(=O)C(C)(C)CNC(=O)c1ccc(F)c(C)c1. The van der Waals surface area contributed by atoms with Crippen molar-refractivity contribution in [3.8, 4) is 0 Å². The van der Waals surface area contributed by atoms with Gasteiger partial charge in [0.1, 0.15) is 5.82 Å². The van der Waals surface area contributed by atoms with E-state index in [1.165, 1.54) is 18.2 Å². The number of rotatable bonds is 4. The van der Waals surface area contributed by atoms with Crippen molar-refractivity contribution in [1.29, 1.82) is 0 Å². The Morgan fingerprint density at radius 3 is 2.47 bits per heavy atom. The third-order valence-corrected chi connectivity index (χ3v) is 2.95. The Morgan fingerprint density at radius 2 is 1.95 bits per heavy atom. The third kappa shape index (κ3) is 3.77. The average molecular weight is 266 g/mol. The summed E-state index contributed by atoms with van der Waals surface area (Å²) in [4.78, 5) is 23.5. The summed E-state index contributed by atoms with van der Waals surface area (Å²) in [6.45, 7) is 5.28. The molecule has 0 aromatic heterocycles. The van der Waals surface area contributed by atoms with E-state index < -0.39 is 5.41 Å². The zero-order valence-corrected chi connectivity index (χ0v) is 11.6. The summed E-state index contributed by atoms with van der Waals surface area (Å²) < 4.78 is 13.1. The summed E-state index contributed by atoms with van der Waals surface area (Å²) in [5, 5.41) is 5.22. The Bertz CT molecular complexity index is 498. The molecule has 2 amide bonds. The van der Waals surface area contributed by atoms with Crippen LogP contribution in [0.1, 0.15) is 29.8 Å². The van der Waals surface area contributed by atoms with Crippen LogP contribution in [-0.2, 0) is 4.79 Å². The van der Waals surface area contributed by atoms with E-state index in [-0.39, 0.29) is 24.2 Å². The number of nitrogens with one attached hydrogen (secondary N) is 2. The third-order valence-electron chi connectivity index (χ3n) is 2.95. The topological polar surface area (TPSA) is 58.2 Å². The van der Waals surface area contributed by atoms with Crippen molar-refractivity contribution in [1.82, 2.24) is 10.6 Å². The molecular formula is C14H19FN2O2. The van der Waals surface area contributed by atoms with Crippen LogP contribution < -0.4 is 10.6 Å². The molecule has 0 atom stereocenters. The molecule has 0 unspecified atom stereocenters. The lowest BCUT2D eigenvalue weighted by Crippen LogP contribution is -2.43. The molecule has 0 aliphatic heterocycles. The van der Waals surface area contributed by atoms with Crippen LogP contribution >= 0.6 is 0 Å². The second-order valence-corrected chi connectivity index (χ2v) is 5.11. The largest absolute Gasteiger partial charge is 0.359 e. The number of halogens is 1. The number of hydrogen-bond donors (Lipinski definition) is 2. The van der Waals surface area contributed by atoms with Crippen molar-refractivity contribution in [3.63, 3.8) is 0 Å². The van der Waals surface area contributed by atoms with E-state index in [1.54, 1.807) is 27.8 Å². The lowest BCUT2D eigenvalue weighted by molar-refractivity contribution is -0.128. The van der Waals surface area contributed by atoms with E-state index in [4.69, 9.17) is 0 Å². The number of amides is 2. The van der Waals surface area contributed by atoms with E-state index in [0.29, 0.717) is 11.1 Å². The quantitative estimate of drug-likeness (QED) is 0.870. The smallest absolute Gasteiger partial charge is 0.251 e. The highest BCUT2D eigenvalue weighted by Crippen LogP contribution is 2.14. The maximum atomic E-state index is 13.1. The predicted molar refractivity (Wildman–Crippen MR) is 71.3 cm³/mol. The maximum absolute atomic E-state index is 13.1. The lowest BCUT2D eigenvalue weighted by atomic mass is 9.92. The Hall–Kier alpha value is -1.91. The molecule has 1 aromatic carbocycles. The molecular weight excluding hydrogens is 247 g/mol. The first-order chi connectivity index (χ1) is 8.77. The second-order valence-electron chi connectivity index (χ2n) is 5.11. The Kier molecular flexibility index (Phi) is 4.64. The number of hydrogen-bond acceptors (Lipinski definition) is 2. The number of benzene rings is 1. The number of aryl methyl sites for hydroxylation is 1. The van der Waals surface area contributed by atoms with Gasteiger partial charge in [0, 0.05) is 19.2 Å². The Labute approximate surface area is 112 Å². The molecule has 1 rings (SSSR count). The van der Waals surface area contributed by atoms with Gasteiger partial charge in [0.25, 0.3) is 5.91 Å². The van der Waals surface area contributed by atoms with E-state index in [1.807, 2.05) is 0 Å². The van der Waals surface area contributed by atoms with Crippen molar-refractivity contribution in [2.75, 3.05) is 13.6 Å². The first-order valence-electron chi connectivity index (χ1n) is 6.04. The van der Waals surface area contributed by atoms with Gasteiger partial charge in [-0.05, 0) is 44.5 Å². The minimum absolute atomic E-state index is 0.150. The van der Waals surface area contributed by atoms with Gasteiger partial charge >= 0.3 is 0 Å². The summed E-state index contributed by atoms with van der Waals surface area (Å²) in [6.07, 6.45) is 0. The fourth-order valence-electron chi connectivity index (χ4n) is 1.61. The molecule has 1 aromatic rings. The fraction of sp³-hybridized carbons (Fsp3) is 0.429. The summed E-state index contributed by atoms with van der Waals surface area (Å²) in [5.41, 5.74) is 0.101. The summed E-state index contributed by atoms with van der Waals surface area (Å²) in [7, 11) is 1.55. The summed E-state index contributed by atoms with van der Waals surface area (Å²) in [6, 6.07) is 4.16. The molecule has 0 heterocycles.